The van der Waals surface area contributed by atoms with Crippen molar-refractivity contribution in [3.8, 4) is 11.5 Å². The Kier molecular flexibility index (Phi) is 7.16. The molecular formula is C22H30N4O3. The largest absolute Gasteiger partial charge is 0.493 e. The van der Waals surface area contributed by atoms with Crippen molar-refractivity contribution >= 4 is 5.96 Å². The lowest BCUT2D eigenvalue weighted by atomic mass is 9.99. The number of hydrogen-bond donors (Lipinski definition) is 1. The molecule has 2 heterocycles. The van der Waals surface area contributed by atoms with Crippen molar-refractivity contribution in [3.05, 3.63) is 58.0 Å². The Morgan fingerprint density at radius 3 is 2.59 bits per heavy atom. The molecule has 1 aliphatic heterocycles. The van der Waals surface area contributed by atoms with E-state index in [-0.39, 0.29) is 5.56 Å². The van der Waals surface area contributed by atoms with E-state index in [2.05, 4.69) is 27.3 Å². The van der Waals surface area contributed by atoms with E-state index in [1.54, 1.807) is 30.9 Å². The molecule has 0 saturated carbocycles. The molecule has 3 rings (SSSR count). The molecule has 0 unspecified atom stereocenters. The summed E-state index contributed by atoms with van der Waals surface area (Å²) in [6.07, 6.45) is 4.68. The van der Waals surface area contributed by atoms with Crippen LogP contribution in [-0.4, -0.2) is 49.8 Å². The number of rotatable bonds is 7. The number of hydrogen-bond acceptors (Lipinski definition) is 4. The van der Waals surface area contributed by atoms with Gasteiger partial charge in [0.15, 0.2) is 17.5 Å². The summed E-state index contributed by atoms with van der Waals surface area (Å²) in [5, 5.41) is 3.45. The summed E-state index contributed by atoms with van der Waals surface area (Å²) in [5.74, 6) is 2.44. The van der Waals surface area contributed by atoms with Gasteiger partial charge in [-0.05, 0) is 48.6 Å². The molecule has 29 heavy (non-hydrogen) atoms. The zero-order valence-corrected chi connectivity index (χ0v) is 17.5. The first kappa shape index (κ1) is 20.8. The van der Waals surface area contributed by atoms with Crippen LogP contribution < -0.4 is 20.3 Å². The normalized spacial score (nSPS) is 13.8. The van der Waals surface area contributed by atoms with Crippen molar-refractivity contribution < 1.29 is 9.47 Å². The zero-order chi connectivity index (χ0) is 20.6. The molecule has 156 valence electrons. The average Bonchev–Trinajstić information content (AvgIpc) is 2.76. The summed E-state index contributed by atoms with van der Waals surface area (Å²) in [5.41, 5.74) is 2.58. The van der Waals surface area contributed by atoms with Crippen molar-refractivity contribution in [3.63, 3.8) is 0 Å². The second kappa shape index (κ2) is 10.0. The van der Waals surface area contributed by atoms with Gasteiger partial charge in [-0.25, -0.2) is 0 Å². The number of benzene rings is 1. The molecule has 1 aromatic heterocycles. The first-order chi connectivity index (χ1) is 14.2. The molecule has 0 fully saturated rings. The van der Waals surface area contributed by atoms with Crippen LogP contribution in [0.5, 0.6) is 11.5 Å². The molecule has 0 spiro atoms. The van der Waals surface area contributed by atoms with Crippen molar-refractivity contribution in [2.24, 2.45) is 4.99 Å². The van der Waals surface area contributed by atoms with Gasteiger partial charge < -0.3 is 24.3 Å². The smallest absolute Gasteiger partial charge is 0.250 e. The monoisotopic (exact) mass is 398 g/mol. The first-order valence-electron chi connectivity index (χ1n) is 10.0. The first-order valence-corrected chi connectivity index (χ1v) is 10.0. The number of aliphatic imine (C=N–C) groups is 1. The Hall–Kier alpha value is -2.96. The van der Waals surface area contributed by atoms with Crippen molar-refractivity contribution in [1.29, 1.82) is 0 Å². The van der Waals surface area contributed by atoms with Gasteiger partial charge in [-0.2, -0.15) is 0 Å². The van der Waals surface area contributed by atoms with Gasteiger partial charge in [0.1, 0.15) is 0 Å². The molecule has 1 N–H and O–H groups in total. The third-order valence-electron chi connectivity index (χ3n) is 5.24. The number of fused-ring (bicyclic) bond motifs is 1. The van der Waals surface area contributed by atoms with E-state index in [0.717, 1.165) is 62.9 Å². The van der Waals surface area contributed by atoms with Gasteiger partial charge in [0.2, 0.25) is 5.56 Å². The third-order valence-corrected chi connectivity index (χ3v) is 5.24. The van der Waals surface area contributed by atoms with Gasteiger partial charge in [0.05, 0.1) is 14.2 Å². The van der Waals surface area contributed by atoms with Gasteiger partial charge in [-0.15, -0.1) is 0 Å². The van der Waals surface area contributed by atoms with E-state index in [0.29, 0.717) is 0 Å². The Morgan fingerprint density at radius 2 is 1.90 bits per heavy atom. The minimum absolute atomic E-state index is 0.0512. The summed E-state index contributed by atoms with van der Waals surface area (Å²) >= 11 is 0. The van der Waals surface area contributed by atoms with Crippen LogP contribution in [0.25, 0.3) is 0 Å². The molecule has 2 aromatic rings. The maximum Gasteiger partial charge on any atom is 0.250 e. The van der Waals surface area contributed by atoms with E-state index in [4.69, 9.17) is 9.47 Å². The number of unbranched alkanes of at least 4 members (excludes halogenated alkanes) is 1. The van der Waals surface area contributed by atoms with Crippen molar-refractivity contribution in [2.75, 3.05) is 34.4 Å². The highest BCUT2D eigenvalue weighted by Crippen LogP contribution is 2.33. The van der Waals surface area contributed by atoms with E-state index < -0.39 is 0 Å². The number of pyridine rings is 1. The molecule has 0 amide bonds. The summed E-state index contributed by atoms with van der Waals surface area (Å²) in [6.45, 7) is 3.25. The molecule has 7 heteroatoms. The molecular weight excluding hydrogens is 368 g/mol. The van der Waals surface area contributed by atoms with Crippen LogP contribution in [0.2, 0.25) is 0 Å². The van der Waals surface area contributed by atoms with Gasteiger partial charge in [0, 0.05) is 45.5 Å². The lowest BCUT2D eigenvalue weighted by Gasteiger charge is -2.32. The fourth-order valence-corrected chi connectivity index (χ4v) is 3.65. The van der Waals surface area contributed by atoms with E-state index in [1.807, 2.05) is 19.3 Å². The summed E-state index contributed by atoms with van der Waals surface area (Å²) in [4.78, 5) is 18.4. The lowest BCUT2D eigenvalue weighted by Crippen LogP contribution is -2.44. The Balaban J connectivity index is 1.52. The number of methoxy groups -OCH3 is 2. The van der Waals surface area contributed by atoms with Gasteiger partial charge in [-0.1, -0.05) is 6.07 Å². The van der Waals surface area contributed by atoms with Crippen molar-refractivity contribution in [2.45, 2.75) is 32.4 Å². The van der Waals surface area contributed by atoms with E-state index in [9.17, 15) is 4.79 Å². The molecule has 0 radical (unpaired) electrons. The Morgan fingerprint density at radius 1 is 1.14 bits per heavy atom. The Labute approximate surface area is 172 Å². The quantitative estimate of drug-likeness (QED) is 0.440. The number of ether oxygens (including phenoxy) is 2. The van der Waals surface area contributed by atoms with Crippen LogP contribution in [0.1, 0.15) is 24.0 Å². The van der Waals surface area contributed by atoms with Crippen LogP contribution in [0.4, 0.5) is 0 Å². The topological polar surface area (TPSA) is 68.1 Å². The van der Waals surface area contributed by atoms with Crippen molar-refractivity contribution in [1.82, 2.24) is 14.8 Å². The summed E-state index contributed by atoms with van der Waals surface area (Å²) in [6, 6.07) is 9.39. The maximum atomic E-state index is 11.7. The number of guanidine groups is 1. The maximum absolute atomic E-state index is 11.7. The summed E-state index contributed by atoms with van der Waals surface area (Å²) in [7, 11) is 5.14. The second-order valence-electron chi connectivity index (χ2n) is 7.06. The fraction of sp³-hybridized carbons (Fsp3) is 0.455. The standard InChI is InChI=1S/C22H30N4O3/c1-23-22(24-10-5-7-12-25-11-6-4-8-21(25)27)26-13-9-17-14-19(28-2)20(29-3)15-18(17)16-26/h4,6,8,11,14-15H,5,7,9-10,12-13,16H2,1-3H3,(H,23,24). The van der Waals surface area contributed by atoms with Crippen LogP contribution in [0, 0.1) is 0 Å². The number of nitrogens with zero attached hydrogens (tertiary/aromatic N) is 3. The number of aryl methyl sites for hydroxylation is 1. The lowest BCUT2D eigenvalue weighted by molar-refractivity contribution is 0.346. The molecule has 1 aromatic carbocycles. The van der Waals surface area contributed by atoms with Gasteiger partial charge in [-0.3, -0.25) is 9.79 Å². The fourth-order valence-electron chi connectivity index (χ4n) is 3.65. The molecule has 7 nitrogen and oxygen atoms in total. The molecule has 0 saturated heterocycles. The summed E-state index contributed by atoms with van der Waals surface area (Å²) < 4.78 is 12.6. The minimum atomic E-state index is 0.0512. The third kappa shape index (κ3) is 5.10. The molecule has 1 aliphatic rings. The highest BCUT2D eigenvalue weighted by atomic mass is 16.5. The van der Waals surface area contributed by atoms with E-state index in [1.165, 1.54) is 11.1 Å². The predicted octanol–water partition coefficient (Wildman–Crippen LogP) is 2.28. The average molecular weight is 399 g/mol. The Bertz CT molecular complexity index is 907. The zero-order valence-electron chi connectivity index (χ0n) is 17.5. The van der Waals surface area contributed by atoms with Crippen LogP contribution in [0.3, 0.4) is 0 Å². The van der Waals surface area contributed by atoms with E-state index >= 15 is 0 Å². The number of aromatic nitrogens is 1. The highest BCUT2D eigenvalue weighted by Gasteiger charge is 2.21. The number of nitrogens with one attached hydrogen (secondary N) is 1. The SMILES string of the molecule is CN=C(NCCCCn1ccccc1=O)N1CCc2cc(OC)c(OC)cc2C1. The van der Waals surface area contributed by atoms with Gasteiger partial charge >= 0.3 is 0 Å². The van der Waals surface area contributed by atoms with Crippen LogP contribution in [-0.2, 0) is 19.5 Å². The molecule has 0 bridgehead atoms. The highest BCUT2D eigenvalue weighted by molar-refractivity contribution is 5.80. The van der Waals surface area contributed by atoms with Crippen LogP contribution in [0.15, 0.2) is 46.3 Å². The predicted molar refractivity (Wildman–Crippen MR) is 115 cm³/mol. The van der Waals surface area contributed by atoms with Gasteiger partial charge in [0.25, 0.3) is 0 Å². The second-order valence-corrected chi connectivity index (χ2v) is 7.06. The molecule has 0 aliphatic carbocycles. The minimum Gasteiger partial charge on any atom is -0.493 e. The molecule has 0 atom stereocenters. The van der Waals surface area contributed by atoms with Crippen LogP contribution >= 0.6 is 0 Å².